The topological polar surface area (TPSA) is 123 Å². The number of fused-ring (bicyclic) bond motifs is 5. The van der Waals surface area contributed by atoms with E-state index in [4.69, 9.17) is 14.6 Å². The number of nitrogens with one attached hydrogen (secondary N) is 1. The summed E-state index contributed by atoms with van der Waals surface area (Å²) >= 11 is 0.579. The molecule has 6 rings (SSSR count). The van der Waals surface area contributed by atoms with Gasteiger partial charge in [0.25, 0.3) is 0 Å². The molecule has 8 atom stereocenters. The number of halogens is 2. The third-order valence-corrected chi connectivity index (χ3v) is 12.0. The minimum atomic E-state index is -1.47. The lowest BCUT2D eigenvalue weighted by Gasteiger charge is -2.62. The molecule has 2 unspecified atom stereocenters. The van der Waals surface area contributed by atoms with Crippen LogP contribution in [0.3, 0.4) is 0 Å². The van der Waals surface area contributed by atoms with Crippen LogP contribution < -0.4 is 5.32 Å². The number of carbonyl (C=O) groups is 2. The number of rotatable bonds is 7. The summed E-state index contributed by atoms with van der Waals surface area (Å²) in [6.07, 6.45) is 10.8. The molecule has 0 aliphatic heterocycles. The van der Waals surface area contributed by atoms with Crippen LogP contribution in [0, 0.1) is 51.8 Å². The fourth-order valence-electron chi connectivity index (χ4n) is 9.88. The third-order valence-electron chi connectivity index (χ3n) is 11.3. The van der Waals surface area contributed by atoms with Gasteiger partial charge in [-0.05, 0) is 91.0 Å². The molecule has 0 aromatic carbocycles. The molecule has 2 aromatic heterocycles. The summed E-state index contributed by atoms with van der Waals surface area (Å²) in [5, 5.41) is 9.86. The molecule has 3 N–H and O–H groups in total. The number of hydrogen-bond donors (Lipinski definition) is 2. The molecule has 3 fully saturated rings. The average Bonchev–Trinajstić information content (AvgIpc) is 3.62. The lowest BCUT2D eigenvalue weighted by atomic mass is 9.42. The fraction of sp³-hybridized carbons (Fsp3) is 0.545. The number of hydrogen-bond acceptors (Lipinski definition) is 8. The van der Waals surface area contributed by atoms with E-state index in [1.165, 1.54) is 30.3 Å². The number of ether oxygens (including phenoxy) is 1. The van der Waals surface area contributed by atoms with E-state index in [1.54, 1.807) is 6.07 Å². The summed E-state index contributed by atoms with van der Waals surface area (Å²) in [5.41, 5.74) is 1.62. The number of aromatic nitrogens is 2. The van der Waals surface area contributed by atoms with Gasteiger partial charge >= 0.3 is 5.97 Å². The van der Waals surface area contributed by atoms with E-state index in [9.17, 15) is 18.4 Å². The minimum Gasteiger partial charge on any atom is -0.451 e. The Morgan fingerprint density at radius 1 is 1.27 bits per heavy atom. The Bertz CT molecular complexity index is 1530. The van der Waals surface area contributed by atoms with Crippen molar-refractivity contribution in [1.29, 1.82) is 5.41 Å². The van der Waals surface area contributed by atoms with Gasteiger partial charge in [0.05, 0.1) is 6.20 Å². The first-order chi connectivity index (χ1) is 21.0. The lowest BCUT2D eigenvalue weighted by molar-refractivity contribution is -0.513. The van der Waals surface area contributed by atoms with Crippen molar-refractivity contribution in [3.05, 3.63) is 65.5 Å². The van der Waals surface area contributed by atoms with Crippen molar-refractivity contribution in [3.63, 3.8) is 0 Å². The summed E-state index contributed by atoms with van der Waals surface area (Å²) in [6, 6.07) is 2.14. The summed E-state index contributed by atoms with van der Waals surface area (Å²) in [7, 11) is 0. The molecule has 11 heteroatoms. The van der Waals surface area contributed by atoms with Gasteiger partial charge in [0.1, 0.15) is 18.0 Å². The summed E-state index contributed by atoms with van der Waals surface area (Å²) in [5.74, 6) is -0.255. The number of pyridine rings is 1. The van der Waals surface area contributed by atoms with Crippen LogP contribution in [0.4, 0.5) is 14.5 Å². The number of nitrogens with zero attached hydrogens (tertiary/aromatic N) is 2. The number of esters is 1. The zero-order valence-electron chi connectivity index (χ0n) is 25.4. The highest BCUT2D eigenvalue weighted by atomic mass is 32.2. The van der Waals surface area contributed by atoms with Crippen molar-refractivity contribution >= 4 is 34.7 Å². The second kappa shape index (κ2) is 11.3. The molecule has 0 spiro atoms. The number of carbonyl (C=O) groups excluding carboxylic acids is 2. The van der Waals surface area contributed by atoms with Gasteiger partial charge in [-0.2, -0.15) is 4.39 Å². The lowest BCUT2D eigenvalue weighted by Crippen LogP contribution is -2.76. The standard InChI is InChI=1S/C33H38F2N4O4S/c1-18-9-22-23-7-8-33(30(41)44-16-34,43-29(40)26-15-42-17-38-26)32(23,4)11-19(2)28(22)31(3)12-20(13-36)25(10-24(18)31)39-21-5-6-27(35)37-14-21/h5-6,10,13-15,17-19,22-23,28,36,39H,7-9,11-12,16H2,1-4H3/p+1/t18-,19-,22-,23?,28?,31-,32-,33-/m0/s1. The molecule has 44 heavy (non-hydrogen) atoms. The molecule has 0 amide bonds. The molecule has 4 aliphatic carbocycles. The molecule has 0 bridgehead atoms. The van der Waals surface area contributed by atoms with Crippen LogP contribution in [0.2, 0.25) is 0 Å². The average molecular weight is 626 g/mol. The van der Waals surface area contributed by atoms with Gasteiger partial charge in [0, 0.05) is 23.3 Å². The second-order valence-corrected chi connectivity index (χ2v) is 14.5. The molecule has 234 valence electrons. The van der Waals surface area contributed by atoms with Gasteiger partial charge in [-0.15, -0.1) is 0 Å². The van der Waals surface area contributed by atoms with E-state index in [0.29, 0.717) is 37.4 Å². The van der Waals surface area contributed by atoms with Crippen molar-refractivity contribution in [1.82, 2.24) is 9.97 Å². The molecule has 0 radical (unpaired) electrons. The van der Waals surface area contributed by atoms with Crippen LogP contribution in [0.1, 0.15) is 70.3 Å². The Labute approximate surface area is 260 Å². The van der Waals surface area contributed by atoms with Crippen LogP contribution in [-0.4, -0.2) is 38.9 Å². The van der Waals surface area contributed by atoms with Crippen LogP contribution in [0.15, 0.2) is 58.3 Å². The SMILES string of the molecule is C[C@H]1C[C@@H]2C([C@@H](C)C[C@@]3(C)C2CC[C@]3(OC(=O)c2cocn2)C(=O)SCF)[C@@]2(C)CC(C=N)=C([NH2+]c3ccc(F)nc3)C=C12. The normalized spacial score (nSPS) is 36.1. The van der Waals surface area contributed by atoms with Gasteiger partial charge < -0.3 is 14.6 Å². The number of thioether (sulfide) groups is 1. The fourth-order valence-corrected chi connectivity index (χ4v) is 10.6. The highest BCUT2D eigenvalue weighted by molar-refractivity contribution is 8.13. The molecule has 0 saturated heterocycles. The Morgan fingerprint density at radius 3 is 2.73 bits per heavy atom. The van der Waals surface area contributed by atoms with E-state index in [-0.39, 0.29) is 40.7 Å². The Hall–Kier alpha value is -3.18. The van der Waals surface area contributed by atoms with E-state index in [2.05, 4.69) is 43.7 Å². The number of oxazole rings is 1. The predicted octanol–water partition coefficient (Wildman–Crippen LogP) is 6.15. The smallest absolute Gasteiger partial charge is 0.361 e. The number of allylic oxidation sites excluding steroid dienone is 3. The van der Waals surface area contributed by atoms with Crippen molar-refractivity contribution in [2.75, 3.05) is 6.01 Å². The highest BCUT2D eigenvalue weighted by Crippen LogP contribution is 2.71. The molecule has 3 saturated carbocycles. The first-order valence-electron chi connectivity index (χ1n) is 15.2. The van der Waals surface area contributed by atoms with E-state index >= 15 is 0 Å². The Balaban J connectivity index is 1.35. The molecular formula is C33H39F2N4O4S+. The maximum atomic E-state index is 13.8. The van der Waals surface area contributed by atoms with Gasteiger partial charge in [-0.25, -0.2) is 19.2 Å². The first-order valence-corrected chi connectivity index (χ1v) is 16.2. The van der Waals surface area contributed by atoms with Crippen molar-refractivity contribution in [2.24, 2.45) is 40.4 Å². The van der Waals surface area contributed by atoms with Gasteiger partial charge in [-0.3, -0.25) is 10.1 Å². The van der Waals surface area contributed by atoms with Gasteiger partial charge in [0.2, 0.25) is 11.1 Å². The number of quaternary nitrogens is 1. The Morgan fingerprint density at radius 2 is 2.07 bits per heavy atom. The van der Waals surface area contributed by atoms with Crippen LogP contribution in [0.5, 0.6) is 0 Å². The number of alkyl halides is 1. The third kappa shape index (κ3) is 4.69. The van der Waals surface area contributed by atoms with Gasteiger partial charge in [-0.1, -0.05) is 33.3 Å². The minimum absolute atomic E-state index is 0.0121. The highest BCUT2D eigenvalue weighted by Gasteiger charge is 2.70. The summed E-state index contributed by atoms with van der Waals surface area (Å²) in [6.45, 7) is 8.87. The van der Waals surface area contributed by atoms with E-state index in [1.807, 2.05) is 5.32 Å². The molecule has 4 aliphatic rings. The van der Waals surface area contributed by atoms with Gasteiger partial charge in [0.15, 0.2) is 23.4 Å². The quantitative estimate of drug-likeness (QED) is 0.215. The zero-order chi connectivity index (χ0) is 31.4. The predicted molar refractivity (Wildman–Crippen MR) is 161 cm³/mol. The zero-order valence-corrected chi connectivity index (χ0v) is 26.3. The Kier molecular flexibility index (Phi) is 7.93. The second-order valence-electron chi connectivity index (χ2n) is 13.6. The molecule has 2 aromatic rings. The van der Waals surface area contributed by atoms with Crippen molar-refractivity contribution < 1.29 is 32.8 Å². The maximum absolute atomic E-state index is 13.8. The first kappa shape index (κ1) is 30.8. The largest absolute Gasteiger partial charge is 0.451 e. The number of nitrogens with two attached hydrogens (primary N) is 1. The van der Waals surface area contributed by atoms with E-state index in [0.717, 1.165) is 29.8 Å². The monoisotopic (exact) mass is 625 g/mol. The van der Waals surface area contributed by atoms with Crippen molar-refractivity contribution in [2.45, 2.75) is 65.4 Å². The summed E-state index contributed by atoms with van der Waals surface area (Å²) < 4.78 is 38.2. The van der Waals surface area contributed by atoms with Crippen molar-refractivity contribution in [3.8, 4) is 0 Å². The van der Waals surface area contributed by atoms with Crippen LogP contribution in [0.25, 0.3) is 0 Å². The summed E-state index contributed by atoms with van der Waals surface area (Å²) in [4.78, 5) is 34.7. The van der Waals surface area contributed by atoms with Crippen LogP contribution in [-0.2, 0) is 9.53 Å². The molecular weight excluding hydrogens is 586 g/mol. The van der Waals surface area contributed by atoms with Crippen LogP contribution >= 0.6 is 11.8 Å². The van der Waals surface area contributed by atoms with E-state index < -0.39 is 34.1 Å². The molecule has 8 nitrogen and oxygen atoms in total. The maximum Gasteiger partial charge on any atom is 0.361 e. The molecule has 2 heterocycles.